The van der Waals surface area contributed by atoms with Crippen molar-refractivity contribution in [2.45, 2.75) is 63.1 Å². The summed E-state index contributed by atoms with van der Waals surface area (Å²) in [7, 11) is 1.46. The lowest BCUT2D eigenvalue weighted by atomic mass is 9.94. The summed E-state index contributed by atoms with van der Waals surface area (Å²) in [5, 5.41) is 3.41. The Morgan fingerprint density at radius 1 is 1.35 bits per heavy atom. The fourth-order valence-electron chi connectivity index (χ4n) is 2.61. The first-order chi connectivity index (χ1) is 9.64. The molecule has 0 aromatic heterocycles. The van der Waals surface area contributed by atoms with E-state index in [1.54, 1.807) is 0 Å². The number of carbonyl (C=O) groups excluding carboxylic acids is 1. The van der Waals surface area contributed by atoms with Gasteiger partial charge in [0, 0.05) is 19.3 Å². The van der Waals surface area contributed by atoms with Crippen molar-refractivity contribution in [3.05, 3.63) is 0 Å². The van der Waals surface area contributed by atoms with Crippen LogP contribution in [0.2, 0.25) is 0 Å². The van der Waals surface area contributed by atoms with E-state index in [1.807, 2.05) is 6.92 Å². The van der Waals surface area contributed by atoms with Crippen LogP contribution >= 0.6 is 0 Å². The number of methoxy groups -OCH3 is 1. The van der Waals surface area contributed by atoms with Crippen LogP contribution in [0.3, 0.4) is 0 Å². The van der Waals surface area contributed by atoms with E-state index >= 15 is 0 Å². The Bertz CT molecular complexity index is 313. The zero-order chi connectivity index (χ0) is 14.4. The van der Waals surface area contributed by atoms with Gasteiger partial charge < -0.3 is 14.2 Å². The minimum atomic E-state index is -0.549. The standard InChI is InChI=1S/C15H27NO4/c1-15(14(17)18-2,16-12-5-6-12)8-3-4-9-20-13-7-10-19-11-13/h12-13,16H,3-11H2,1-2H3. The van der Waals surface area contributed by atoms with Crippen molar-refractivity contribution in [3.63, 3.8) is 0 Å². The molecule has 116 valence electrons. The Kier molecular flexibility index (Phi) is 5.81. The average molecular weight is 285 g/mol. The first kappa shape index (κ1) is 15.7. The molecule has 20 heavy (non-hydrogen) atoms. The first-order valence-electron chi connectivity index (χ1n) is 7.69. The van der Waals surface area contributed by atoms with Crippen molar-refractivity contribution in [1.29, 1.82) is 0 Å². The fraction of sp³-hybridized carbons (Fsp3) is 0.933. The highest BCUT2D eigenvalue weighted by atomic mass is 16.5. The van der Waals surface area contributed by atoms with Gasteiger partial charge in [-0.25, -0.2) is 0 Å². The molecule has 0 aromatic rings. The largest absolute Gasteiger partial charge is 0.468 e. The second-order valence-electron chi connectivity index (χ2n) is 6.06. The summed E-state index contributed by atoms with van der Waals surface area (Å²) >= 11 is 0. The SMILES string of the molecule is COC(=O)C(C)(CCCCOC1CCOC1)NC1CC1. The van der Waals surface area contributed by atoms with Crippen LogP contribution in [-0.4, -0.2) is 50.6 Å². The normalized spacial score (nSPS) is 25.4. The molecule has 2 aliphatic rings. The van der Waals surface area contributed by atoms with Gasteiger partial charge in [0.15, 0.2) is 0 Å². The highest BCUT2D eigenvalue weighted by Gasteiger charge is 2.38. The maximum absolute atomic E-state index is 11.9. The van der Waals surface area contributed by atoms with Gasteiger partial charge >= 0.3 is 5.97 Å². The minimum Gasteiger partial charge on any atom is -0.468 e. The second-order valence-corrected chi connectivity index (χ2v) is 6.06. The Morgan fingerprint density at radius 2 is 2.15 bits per heavy atom. The van der Waals surface area contributed by atoms with E-state index in [-0.39, 0.29) is 12.1 Å². The van der Waals surface area contributed by atoms with E-state index in [0.717, 1.165) is 58.3 Å². The first-order valence-corrected chi connectivity index (χ1v) is 7.69. The molecule has 1 aliphatic carbocycles. The number of ether oxygens (including phenoxy) is 3. The van der Waals surface area contributed by atoms with Gasteiger partial charge in [0.1, 0.15) is 5.54 Å². The molecule has 1 N–H and O–H groups in total. The van der Waals surface area contributed by atoms with E-state index in [2.05, 4.69) is 5.32 Å². The number of esters is 1. The molecule has 0 aromatic carbocycles. The summed E-state index contributed by atoms with van der Waals surface area (Å²) in [5.41, 5.74) is -0.549. The topological polar surface area (TPSA) is 56.8 Å². The van der Waals surface area contributed by atoms with E-state index in [9.17, 15) is 4.79 Å². The number of carbonyl (C=O) groups is 1. The van der Waals surface area contributed by atoms with Crippen LogP contribution in [0.15, 0.2) is 0 Å². The van der Waals surface area contributed by atoms with Crippen molar-refractivity contribution in [3.8, 4) is 0 Å². The van der Waals surface area contributed by atoms with Crippen molar-refractivity contribution in [1.82, 2.24) is 5.32 Å². The lowest BCUT2D eigenvalue weighted by molar-refractivity contribution is -0.148. The maximum Gasteiger partial charge on any atom is 0.325 e. The van der Waals surface area contributed by atoms with E-state index < -0.39 is 5.54 Å². The summed E-state index contributed by atoms with van der Waals surface area (Å²) in [4.78, 5) is 11.9. The van der Waals surface area contributed by atoms with Gasteiger partial charge in [-0.15, -0.1) is 0 Å². The predicted molar refractivity (Wildman–Crippen MR) is 75.6 cm³/mol. The van der Waals surface area contributed by atoms with Gasteiger partial charge in [-0.2, -0.15) is 0 Å². The molecular weight excluding hydrogens is 258 g/mol. The highest BCUT2D eigenvalue weighted by Crippen LogP contribution is 2.26. The van der Waals surface area contributed by atoms with Gasteiger partial charge in [0.05, 0.1) is 19.8 Å². The minimum absolute atomic E-state index is 0.158. The molecule has 0 amide bonds. The van der Waals surface area contributed by atoms with E-state index in [4.69, 9.17) is 14.2 Å². The molecule has 1 saturated carbocycles. The molecule has 5 nitrogen and oxygen atoms in total. The zero-order valence-corrected chi connectivity index (χ0v) is 12.7. The summed E-state index contributed by atoms with van der Waals surface area (Å²) in [6.45, 7) is 4.23. The maximum atomic E-state index is 11.9. The average Bonchev–Trinajstić information content (AvgIpc) is 3.09. The van der Waals surface area contributed by atoms with Gasteiger partial charge in [0.25, 0.3) is 0 Å². The quantitative estimate of drug-likeness (QED) is 0.515. The van der Waals surface area contributed by atoms with Gasteiger partial charge in [-0.3, -0.25) is 10.1 Å². The molecule has 2 atom stereocenters. The summed E-state index contributed by atoms with van der Waals surface area (Å²) in [6.07, 6.45) is 6.32. The molecule has 1 saturated heterocycles. The third-order valence-electron chi connectivity index (χ3n) is 4.05. The van der Waals surface area contributed by atoms with Crippen molar-refractivity contribution >= 4 is 5.97 Å². The third kappa shape index (κ3) is 4.72. The van der Waals surface area contributed by atoms with Crippen LogP contribution in [0.5, 0.6) is 0 Å². The van der Waals surface area contributed by atoms with Gasteiger partial charge in [-0.05, 0) is 45.4 Å². The molecule has 0 bridgehead atoms. The van der Waals surface area contributed by atoms with E-state index in [1.165, 1.54) is 7.11 Å². The summed E-state index contributed by atoms with van der Waals surface area (Å²) in [6, 6.07) is 0.492. The third-order valence-corrected chi connectivity index (χ3v) is 4.05. The van der Waals surface area contributed by atoms with Crippen LogP contribution in [0.25, 0.3) is 0 Å². The van der Waals surface area contributed by atoms with Crippen molar-refractivity contribution in [2.24, 2.45) is 0 Å². The van der Waals surface area contributed by atoms with Gasteiger partial charge in [-0.1, -0.05) is 0 Å². The fourth-order valence-corrected chi connectivity index (χ4v) is 2.61. The summed E-state index contributed by atoms with van der Waals surface area (Å²) < 4.78 is 15.9. The number of unbranched alkanes of at least 4 members (excludes halogenated alkanes) is 1. The molecule has 0 spiro atoms. The number of hydrogen-bond donors (Lipinski definition) is 1. The number of rotatable bonds is 9. The molecule has 5 heteroatoms. The molecule has 1 heterocycles. The summed E-state index contributed by atoms with van der Waals surface area (Å²) in [5.74, 6) is -0.158. The number of nitrogens with one attached hydrogen (secondary N) is 1. The lowest BCUT2D eigenvalue weighted by Crippen LogP contribution is -2.51. The van der Waals surface area contributed by atoms with Crippen LogP contribution in [0, 0.1) is 0 Å². The van der Waals surface area contributed by atoms with Crippen LogP contribution in [-0.2, 0) is 19.0 Å². The molecule has 2 rings (SSSR count). The molecule has 0 radical (unpaired) electrons. The number of hydrogen-bond acceptors (Lipinski definition) is 5. The zero-order valence-electron chi connectivity index (χ0n) is 12.7. The second kappa shape index (κ2) is 7.38. The molecule has 1 aliphatic heterocycles. The highest BCUT2D eigenvalue weighted by molar-refractivity contribution is 5.80. The molecule has 2 unspecified atom stereocenters. The molecule has 2 fully saturated rings. The Hall–Kier alpha value is -0.650. The van der Waals surface area contributed by atoms with Crippen LogP contribution in [0.4, 0.5) is 0 Å². The Labute approximate surface area is 121 Å². The van der Waals surface area contributed by atoms with Crippen molar-refractivity contribution < 1.29 is 19.0 Å². The van der Waals surface area contributed by atoms with E-state index in [0.29, 0.717) is 6.04 Å². The molecular formula is C15H27NO4. The Morgan fingerprint density at radius 3 is 2.75 bits per heavy atom. The van der Waals surface area contributed by atoms with Crippen molar-refractivity contribution in [2.75, 3.05) is 26.9 Å². The van der Waals surface area contributed by atoms with Gasteiger partial charge in [0.2, 0.25) is 0 Å². The Balaban J connectivity index is 1.64. The predicted octanol–water partition coefficient (Wildman–Crippen LogP) is 1.65. The lowest BCUT2D eigenvalue weighted by Gasteiger charge is -2.28. The smallest absolute Gasteiger partial charge is 0.325 e. The monoisotopic (exact) mass is 285 g/mol. The van der Waals surface area contributed by atoms with Crippen LogP contribution in [0.1, 0.15) is 45.4 Å². The van der Waals surface area contributed by atoms with Crippen LogP contribution < -0.4 is 5.32 Å².